The van der Waals surface area contributed by atoms with Crippen LogP contribution >= 0.6 is 15.9 Å². The van der Waals surface area contributed by atoms with E-state index < -0.39 is 0 Å². The standard InChI is InChI=1S/C19H20BrNO2/c1-14-5-4-12-21(13-14)19(22)15-8-10-16(11-9-15)23-18-7-3-2-6-17(18)20/h2-3,6-11,14H,4-5,12-13H2,1H3. The summed E-state index contributed by atoms with van der Waals surface area (Å²) in [5.74, 6) is 2.19. The highest BCUT2D eigenvalue weighted by molar-refractivity contribution is 9.10. The maximum Gasteiger partial charge on any atom is 0.253 e. The van der Waals surface area contributed by atoms with Gasteiger partial charge in [-0.3, -0.25) is 4.79 Å². The minimum Gasteiger partial charge on any atom is -0.456 e. The van der Waals surface area contributed by atoms with Crippen LogP contribution in [-0.4, -0.2) is 23.9 Å². The monoisotopic (exact) mass is 373 g/mol. The molecule has 0 aromatic heterocycles. The number of benzene rings is 2. The van der Waals surface area contributed by atoms with E-state index in [-0.39, 0.29) is 5.91 Å². The molecule has 3 rings (SSSR count). The predicted molar refractivity (Wildman–Crippen MR) is 95.0 cm³/mol. The van der Waals surface area contributed by atoms with Crippen molar-refractivity contribution in [1.29, 1.82) is 0 Å². The number of nitrogens with zero attached hydrogens (tertiary/aromatic N) is 1. The molecule has 0 bridgehead atoms. The smallest absolute Gasteiger partial charge is 0.253 e. The molecule has 0 N–H and O–H groups in total. The highest BCUT2D eigenvalue weighted by Crippen LogP contribution is 2.29. The predicted octanol–water partition coefficient (Wildman–Crippen LogP) is 5.11. The van der Waals surface area contributed by atoms with Gasteiger partial charge in [-0.2, -0.15) is 0 Å². The fourth-order valence-electron chi connectivity index (χ4n) is 2.88. The van der Waals surface area contributed by atoms with Crippen molar-refractivity contribution in [2.75, 3.05) is 13.1 Å². The Bertz CT molecular complexity index is 684. The second kappa shape index (κ2) is 7.18. The largest absolute Gasteiger partial charge is 0.456 e. The minimum absolute atomic E-state index is 0.115. The number of likely N-dealkylation sites (tertiary alicyclic amines) is 1. The van der Waals surface area contributed by atoms with E-state index in [0.717, 1.165) is 41.0 Å². The number of hydrogen-bond acceptors (Lipinski definition) is 2. The lowest BCUT2D eigenvalue weighted by atomic mass is 9.99. The van der Waals surface area contributed by atoms with Crippen molar-refractivity contribution in [3.8, 4) is 11.5 Å². The summed E-state index contributed by atoms with van der Waals surface area (Å²) < 4.78 is 6.74. The van der Waals surface area contributed by atoms with Crippen LogP contribution in [0.2, 0.25) is 0 Å². The molecule has 0 spiro atoms. The van der Waals surface area contributed by atoms with Crippen LogP contribution in [-0.2, 0) is 0 Å². The summed E-state index contributed by atoms with van der Waals surface area (Å²) in [5.41, 5.74) is 0.721. The van der Waals surface area contributed by atoms with Gasteiger partial charge in [0.2, 0.25) is 0 Å². The lowest BCUT2D eigenvalue weighted by molar-refractivity contribution is 0.0683. The van der Waals surface area contributed by atoms with Gasteiger partial charge in [-0.05, 0) is 71.1 Å². The Labute approximate surface area is 145 Å². The first kappa shape index (κ1) is 16.1. The Morgan fingerprint density at radius 1 is 1.17 bits per heavy atom. The van der Waals surface area contributed by atoms with E-state index in [1.54, 1.807) is 0 Å². The van der Waals surface area contributed by atoms with E-state index >= 15 is 0 Å². The summed E-state index contributed by atoms with van der Waals surface area (Å²) in [6.07, 6.45) is 2.30. The van der Waals surface area contributed by atoms with Crippen molar-refractivity contribution in [3.63, 3.8) is 0 Å². The van der Waals surface area contributed by atoms with Gasteiger partial charge in [0, 0.05) is 18.7 Å². The molecule has 1 unspecified atom stereocenters. The molecule has 1 aliphatic heterocycles. The second-order valence-corrected chi connectivity index (χ2v) is 6.91. The third-order valence-electron chi connectivity index (χ3n) is 4.11. The zero-order chi connectivity index (χ0) is 16.2. The maximum absolute atomic E-state index is 12.5. The fraction of sp³-hybridized carbons (Fsp3) is 0.316. The topological polar surface area (TPSA) is 29.5 Å². The van der Waals surface area contributed by atoms with Crippen LogP contribution in [0.4, 0.5) is 0 Å². The van der Waals surface area contributed by atoms with Gasteiger partial charge in [0.1, 0.15) is 11.5 Å². The molecule has 1 fully saturated rings. The minimum atomic E-state index is 0.115. The quantitative estimate of drug-likeness (QED) is 0.747. The van der Waals surface area contributed by atoms with E-state index in [9.17, 15) is 4.79 Å². The van der Waals surface area contributed by atoms with E-state index in [1.807, 2.05) is 53.4 Å². The summed E-state index contributed by atoms with van der Waals surface area (Å²) in [6.45, 7) is 3.92. The number of hydrogen-bond donors (Lipinski definition) is 0. The number of carbonyl (C=O) groups is 1. The number of piperidine rings is 1. The molecule has 4 heteroatoms. The van der Waals surface area contributed by atoms with Gasteiger partial charge in [-0.1, -0.05) is 19.1 Å². The molecule has 2 aromatic rings. The van der Waals surface area contributed by atoms with Crippen LogP contribution in [0.5, 0.6) is 11.5 Å². The maximum atomic E-state index is 12.5. The van der Waals surface area contributed by atoms with Crippen molar-refractivity contribution in [2.45, 2.75) is 19.8 Å². The molecule has 1 saturated heterocycles. The molecular weight excluding hydrogens is 354 g/mol. The first-order chi connectivity index (χ1) is 11.1. The van der Waals surface area contributed by atoms with Crippen molar-refractivity contribution in [2.24, 2.45) is 5.92 Å². The average molecular weight is 374 g/mol. The summed E-state index contributed by atoms with van der Waals surface area (Å²) in [5, 5.41) is 0. The number of para-hydroxylation sites is 1. The lowest BCUT2D eigenvalue weighted by Gasteiger charge is -2.31. The molecule has 2 aromatic carbocycles. The first-order valence-electron chi connectivity index (χ1n) is 7.95. The van der Waals surface area contributed by atoms with Crippen molar-refractivity contribution < 1.29 is 9.53 Å². The first-order valence-corrected chi connectivity index (χ1v) is 8.74. The van der Waals surface area contributed by atoms with Crippen molar-refractivity contribution in [3.05, 3.63) is 58.6 Å². The van der Waals surface area contributed by atoms with Crippen LogP contribution in [0.25, 0.3) is 0 Å². The average Bonchev–Trinajstić information content (AvgIpc) is 2.57. The van der Waals surface area contributed by atoms with Gasteiger partial charge < -0.3 is 9.64 Å². The Kier molecular flexibility index (Phi) is 5.01. The third-order valence-corrected chi connectivity index (χ3v) is 4.77. The van der Waals surface area contributed by atoms with Gasteiger partial charge in [-0.25, -0.2) is 0 Å². The fourth-order valence-corrected chi connectivity index (χ4v) is 3.24. The van der Waals surface area contributed by atoms with E-state index in [4.69, 9.17) is 4.74 Å². The Morgan fingerprint density at radius 2 is 1.91 bits per heavy atom. The number of ether oxygens (including phenoxy) is 1. The van der Waals surface area contributed by atoms with Gasteiger partial charge in [0.05, 0.1) is 4.47 Å². The van der Waals surface area contributed by atoms with Gasteiger partial charge >= 0.3 is 0 Å². The molecule has 1 aliphatic rings. The number of rotatable bonds is 3. The summed E-state index contributed by atoms with van der Waals surface area (Å²) in [6, 6.07) is 15.1. The normalized spacial score (nSPS) is 17.8. The molecular formula is C19H20BrNO2. The van der Waals surface area contributed by atoms with Crippen LogP contribution in [0.1, 0.15) is 30.1 Å². The lowest BCUT2D eigenvalue weighted by Crippen LogP contribution is -2.39. The van der Waals surface area contributed by atoms with Gasteiger partial charge in [-0.15, -0.1) is 0 Å². The van der Waals surface area contributed by atoms with Gasteiger partial charge in [0.15, 0.2) is 0 Å². The van der Waals surface area contributed by atoms with Crippen LogP contribution in [0, 0.1) is 5.92 Å². The molecule has 1 amide bonds. The Balaban J connectivity index is 1.69. The molecule has 23 heavy (non-hydrogen) atoms. The SMILES string of the molecule is CC1CCCN(C(=O)c2ccc(Oc3ccccc3Br)cc2)C1. The molecule has 0 saturated carbocycles. The van der Waals surface area contributed by atoms with E-state index in [2.05, 4.69) is 22.9 Å². The Morgan fingerprint density at radius 3 is 2.61 bits per heavy atom. The van der Waals surface area contributed by atoms with Crippen molar-refractivity contribution in [1.82, 2.24) is 4.90 Å². The highest BCUT2D eigenvalue weighted by atomic mass is 79.9. The molecule has 0 aliphatic carbocycles. The molecule has 1 heterocycles. The Hall–Kier alpha value is -1.81. The number of halogens is 1. The number of carbonyl (C=O) groups excluding carboxylic acids is 1. The molecule has 1 atom stereocenters. The summed E-state index contributed by atoms with van der Waals surface area (Å²) in [4.78, 5) is 14.5. The zero-order valence-electron chi connectivity index (χ0n) is 13.2. The highest BCUT2D eigenvalue weighted by Gasteiger charge is 2.21. The van der Waals surface area contributed by atoms with Crippen LogP contribution in [0.3, 0.4) is 0 Å². The zero-order valence-corrected chi connectivity index (χ0v) is 14.8. The van der Waals surface area contributed by atoms with Crippen LogP contribution < -0.4 is 4.74 Å². The molecule has 3 nitrogen and oxygen atoms in total. The molecule has 0 radical (unpaired) electrons. The van der Waals surface area contributed by atoms with Crippen LogP contribution in [0.15, 0.2) is 53.0 Å². The second-order valence-electron chi connectivity index (χ2n) is 6.06. The summed E-state index contributed by atoms with van der Waals surface area (Å²) >= 11 is 3.46. The number of amides is 1. The summed E-state index contributed by atoms with van der Waals surface area (Å²) in [7, 11) is 0. The molecule has 120 valence electrons. The van der Waals surface area contributed by atoms with E-state index in [1.165, 1.54) is 6.42 Å². The van der Waals surface area contributed by atoms with Crippen molar-refractivity contribution >= 4 is 21.8 Å². The third kappa shape index (κ3) is 3.94. The van der Waals surface area contributed by atoms with E-state index in [0.29, 0.717) is 5.92 Å². The van der Waals surface area contributed by atoms with Gasteiger partial charge in [0.25, 0.3) is 5.91 Å².